The Morgan fingerprint density at radius 1 is 1.50 bits per heavy atom. The van der Waals surface area contributed by atoms with E-state index in [4.69, 9.17) is 9.84 Å². The lowest BCUT2D eigenvalue weighted by Gasteiger charge is -2.26. The topological polar surface area (TPSA) is 49.8 Å². The van der Waals surface area contributed by atoms with E-state index in [0.29, 0.717) is 0 Å². The highest BCUT2D eigenvalue weighted by Crippen LogP contribution is 2.01. The first-order valence-electron chi connectivity index (χ1n) is 4.38. The third-order valence-corrected chi connectivity index (χ3v) is 1.95. The molecule has 82 valence electrons. The molecule has 0 spiro atoms. The molecule has 0 amide bonds. The zero-order valence-corrected chi connectivity index (χ0v) is 9.05. The van der Waals surface area contributed by atoms with E-state index in [2.05, 4.69) is 4.90 Å². The molecule has 0 aromatic rings. The second kappa shape index (κ2) is 6.81. The van der Waals surface area contributed by atoms with Crippen LogP contribution < -0.4 is 0 Å². The Balaban J connectivity index is 0.00000169. The molecule has 1 N–H and O–H groups in total. The van der Waals surface area contributed by atoms with Crippen molar-refractivity contribution in [3.63, 3.8) is 0 Å². The van der Waals surface area contributed by atoms with Crippen LogP contribution in [-0.2, 0) is 9.53 Å². The molecule has 1 saturated heterocycles. The van der Waals surface area contributed by atoms with Crippen molar-refractivity contribution in [2.45, 2.75) is 6.92 Å². The van der Waals surface area contributed by atoms with Gasteiger partial charge in [-0.3, -0.25) is 4.90 Å². The number of carboxylic acids is 1. The van der Waals surface area contributed by atoms with E-state index in [0.717, 1.165) is 38.4 Å². The Hall–Kier alpha value is -0.580. The molecule has 1 aliphatic heterocycles. The van der Waals surface area contributed by atoms with E-state index in [9.17, 15) is 4.79 Å². The van der Waals surface area contributed by atoms with Gasteiger partial charge in [0, 0.05) is 25.7 Å². The van der Waals surface area contributed by atoms with E-state index < -0.39 is 5.97 Å². The van der Waals surface area contributed by atoms with Gasteiger partial charge in [-0.2, -0.15) is 0 Å². The maximum Gasteiger partial charge on any atom is 0.328 e. The number of aliphatic carboxylic acids is 1. The number of rotatable bonds is 3. The van der Waals surface area contributed by atoms with Gasteiger partial charge in [-0.1, -0.05) is 5.57 Å². The van der Waals surface area contributed by atoms with Gasteiger partial charge in [0.05, 0.1) is 13.2 Å². The first kappa shape index (κ1) is 13.4. The lowest BCUT2D eigenvalue weighted by molar-refractivity contribution is -0.131. The molecule has 0 aliphatic carbocycles. The molecular weight excluding hydrogens is 206 g/mol. The van der Waals surface area contributed by atoms with Crippen molar-refractivity contribution in [1.29, 1.82) is 0 Å². The fourth-order valence-electron chi connectivity index (χ4n) is 1.37. The Morgan fingerprint density at radius 3 is 2.57 bits per heavy atom. The quantitative estimate of drug-likeness (QED) is 0.716. The molecule has 0 bridgehead atoms. The van der Waals surface area contributed by atoms with Crippen molar-refractivity contribution >= 4 is 18.4 Å². The number of hydrogen-bond donors (Lipinski definition) is 1. The number of morpholine rings is 1. The summed E-state index contributed by atoms with van der Waals surface area (Å²) in [6, 6.07) is 0. The maximum atomic E-state index is 10.3. The van der Waals surface area contributed by atoms with Gasteiger partial charge in [0.15, 0.2) is 0 Å². The van der Waals surface area contributed by atoms with Crippen molar-refractivity contribution < 1.29 is 14.6 Å². The summed E-state index contributed by atoms with van der Waals surface area (Å²) in [5, 5.41) is 8.49. The van der Waals surface area contributed by atoms with E-state index in [1.165, 1.54) is 6.08 Å². The van der Waals surface area contributed by atoms with Gasteiger partial charge in [-0.15, -0.1) is 12.4 Å². The van der Waals surface area contributed by atoms with E-state index in [1.807, 2.05) is 6.92 Å². The van der Waals surface area contributed by atoms with Crippen LogP contribution >= 0.6 is 12.4 Å². The van der Waals surface area contributed by atoms with Crippen LogP contribution in [0.3, 0.4) is 0 Å². The number of ether oxygens (including phenoxy) is 1. The van der Waals surface area contributed by atoms with Crippen molar-refractivity contribution in [2.24, 2.45) is 0 Å². The zero-order valence-electron chi connectivity index (χ0n) is 8.23. The molecule has 1 fully saturated rings. The van der Waals surface area contributed by atoms with Crippen LogP contribution in [0, 0.1) is 0 Å². The fraction of sp³-hybridized carbons (Fsp3) is 0.667. The van der Waals surface area contributed by atoms with Crippen molar-refractivity contribution in [3.05, 3.63) is 11.6 Å². The number of halogens is 1. The van der Waals surface area contributed by atoms with Crippen LogP contribution in [0.1, 0.15) is 6.92 Å². The molecule has 5 heteroatoms. The Kier molecular flexibility index (Phi) is 6.53. The molecule has 1 heterocycles. The van der Waals surface area contributed by atoms with Gasteiger partial charge in [-0.25, -0.2) is 4.79 Å². The largest absolute Gasteiger partial charge is 0.478 e. The minimum atomic E-state index is -0.870. The minimum Gasteiger partial charge on any atom is -0.478 e. The molecule has 0 radical (unpaired) electrons. The third kappa shape index (κ3) is 5.21. The normalized spacial score (nSPS) is 18.8. The highest BCUT2D eigenvalue weighted by molar-refractivity contribution is 5.85. The number of hydrogen-bond acceptors (Lipinski definition) is 3. The van der Waals surface area contributed by atoms with E-state index in [1.54, 1.807) is 0 Å². The summed E-state index contributed by atoms with van der Waals surface area (Å²) in [6.45, 7) is 5.86. The number of nitrogens with zero attached hydrogens (tertiary/aromatic N) is 1. The third-order valence-electron chi connectivity index (χ3n) is 1.95. The number of carbonyl (C=O) groups is 1. The predicted octanol–water partition coefficient (Wildman–Crippen LogP) is 0.771. The van der Waals surface area contributed by atoms with Crippen LogP contribution in [0.5, 0.6) is 0 Å². The lowest BCUT2D eigenvalue weighted by Crippen LogP contribution is -2.37. The minimum absolute atomic E-state index is 0. The SMILES string of the molecule is CC(=CC(=O)O)CN1CCOCC1.Cl. The molecule has 0 atom stereocenters. The van der Waals surface area contributed by atoms with Crippen molar-refractivity contribution in [1.82, 2.24) is 4.90 Å². The van der Waals surface area contributed by atoms with Gasteiger partial charge in [0.25, 0.3) is 0 Å². The van der Waals surface area contributed by atoms with E-state index in [-0.39, 0.29) is 12.4 Å². The molecule has 4 nitrogen and oxygen atoms in total. The second-order valence-corrected chi connectivity index (χ2v) is 3.22. The first-order chi connectivity index (χ1) is 6.18. The molecule has 1 rings (SSSR count). The standard InChI is InChI=1S/C9H15NO3.ClH/c1-8(6-9(11)12)7-10-2-4-13-5-3-10;/h6H,2-5,7H2,1H3,(H,11,12);1H. The highest BCUT2D eigenvalue weighted by Gasteiger charge is 2.10. The maximum absolute atomic E-state index is 10.3. The molecule has 14 heavy (non-hydrogen) atoms. The molecule has 0 aromatic heterocycles. The Bertz CT molecular complexity index is 212. The monoisotopic (exact) mass is 221 g/mol. The predicted molar refractivity (Wildman–Crippen MR) is 55.9 cm³/mol. The van der Waals surface area contributed by atoms with Gasteiger partial charge >= 0.3 is 5.97 Å². The Labute approximate surface area is 89.9 Å². The molecule has 0 aromatic carbocycles. The molecule has 1 aliphatic rings. The molecule has 0 saturated carbocycles. The van der Waals surface area contributed by atoms with Crippen molar-refractivity contribution in [2.75, 3.05) is 32.8 Å². The van der Waals surface area contributed by atoms with Gasteiger partial charge in [0.2, 0.25) is 0 Å². The molecule has 0 unspecified atom stereocenters. The smallest absolute Gasteiger partial charge is 0.328 e. The van der Waals surface area contributed by atoms with Gasteiger partial charge in [-0.05, 0) is 6.92 Å². The van der Waals surface area contributed by atoms with Gasteiger partial charge in [0.1, 0.15) is 0 Å². The van der Waals surface area contributed by atoms with Gasteiger partial charge < -0.3 is 9.84 Å². The summed E-state index contributed by atoms with van der Waals surface area (Å²) in [6.07, 6.45) is 1.26. The zero-order chi connectivity index (χ0) is 9.68. The van der Waals surface area contributed by atoms with Crippen LogP contribution in [0.4, 0.5) is 0 Å². The lowest BCUT2D eigenvalue weighted by atomic mass is 10.2. The molecular formula is C9H16ClNO3. The van der Waals surface area contributed by atoms with Crippen LogP contribution in [0.25, 0.3) is 0 Å². The Morgan fingerprint density at radius 2 is 2.07 bits per heavy atom. The summed E-state index contributed by atoms with van der Waals surface area (Å²) in [5.74, 6) is -0.870. The van der Waals surface area contributed by atoms with Crippen LogP contribution in [0.15, 0.2) is 11.6 Å². The summed E-state index contributed by atoms with van der Waals surface area (Å²) >= 11 is 0. The fourth-order valence-corrected chi connectivity index (χ4v) is 1.37. The van der Waals surface area contributed by atoms with Crippen LogP contribution in [0.2, 0.25) is 0 Å². The number of carboxylic acid groups (broad SMARTS) is 1. The second-order valence-electron chi connectivity index (χ2n) is 3.22. The first-order valence-corrected chi connectivity index (χ1v) is 4.38. The van der Waals surface area contributed by atoms with E-state index >= 15 is 0 Å². The average molecular weight is 222 g/mol. The van der Waals surface area contributed by atoms with Crippen molar-refractivity contribution in [3.8, 4) is 0 Å². The average Bonchev–Trinajstić information content (AvgIpc) is 2.04. The summed E-state index contributed by atoms with van der Waals surface area (Å²) in [7, 11) is 0. The summed E-state index contributed by atoms with van der Waals surface area (Å²) in [5.41, 5.74) is 0.884. The van der Waals surface area contributed by atoms with Crippen LogP contribution in [-0.4, -0.2) is 48.8 Å². The highest BCUT2D eigenvalue weighted by atomic mass is 35.5. The summed E-state index contributed by atoms with van der Waals surface area (Å²) < 4.78 is 5.18. The summed E-state index contributed by atoms with van der Waals surface area (Å²) in [4.78, 5) is 12.5.